The van der Waals surface area contributed by atoms with Crippen LogP contribution in [-0.2, 0) is 6.54 Å². The first-order valence-electron chi connectivity index (χ1n) is 8.46. The molecule has 1 aliphatic heterocycles. The van der Waals surface area contributed by atoms with E-state index in [9.17, 15) is 4.79 Å². The summed E-state index contributed by atoms with van der Waals surface area (Å²) in [5.74, 6) is 0.633. The molecule has 0 saturated heterocycles. The number of aromatic nitrogens is 2. The molecule has 3 heterocycles. The first kappa shape index (κ1) is 16.1. The van der Waals surface area contributed by atoms with Gasteiger partial charge < -0.3 is 10.6 Å². The van der Waals surface area contributed by atoms with Gasteiger partial charge in [-0.1, -0.05) is 18.2 Å². The first-order chi connectivity index (χ1) is 12.7. The Labute approximate surface area is 151 Å². The van der Waals surface area contributed by atoms with Crippen LogP contribution < -0.4 is 10.6 Å². The molecule has 0 spiro atoms. The van der Waals surface area contributed by atoms with Crippen LogP contribution in [0.1, 0.15) is 24.1 Å². The van der Waals surface area contributed by atoms with Crippen LogP contribution in [0, 0.1) is 0 Å². The number of hydrogen-bond acceptors (Lipinski definition) is 4. The summed E-state index contributed by atoms with van der Waals surface area (Å²) in [4.78, 5) is 25.3. The van der Waals surface area contributed by atoms with Gasteiger partial charge in [0, 0.05) is 24.2 Å². The highest BCUT2D eigenvalue weighted by Gasteiger charge is 2.36. The summed E-state index contributed by atoms with van der Waals surface area (Å²) in [5.41, 5.74) is 9.35. The number of pyridine rings is 2. The molecule has 4 rings (SSSR count). The van der Waals surface area contributed by atoms with Crippen molar-refractivity contribution in [3.63, 3.8) is 0 Å². The van der Waals surface area contributed by atoms with Crippen molar-refractivity contribution in [2.24, 2.45) is 0 Å². The Kier molecular flexibility index (Phi) is 4.01. The Hall–Kier alpha value is -3.41. The Morgan fingerprint density at radius 3 is 2.58 bits per heavy atom. The van der Waals surface area contributed by atoms with Crippen LogP contribution in [0.5, 0.6) is 0 Å². The molecule has 0 radical (unpaired) electrons. The predicted octanol–water partition coefficient (Wildman–Crippen LogP) is 3.89. The molecule has 1 aromatic carbocycles. The summed E-state index contributed by atoms with van der Waals surface area (Å²) in [6.45, 7) is 2.51. The smallest absolute Gasteiger partial charge is 0.331 e. The van der Waals surface area contributed by atoms with Gasteiger partial charge in [0.05, 0.1) is 24.0 Å². The van der Waals surface area contributed by atoms with Crippen LogP contribution in [0.25, 0.3) is 0 Å². The van der Waals surface area contributed by atoms with E-state index in [4.69, 9.17) is 5.73 Å². The van der Waals surface area contributed by atoms with Gasteiger partial charge >= 0.3 is 6.03 Å². The molecule has 6 nitrogen and oxygen atoms in total. The Morgan fingerprint density at radius 1 is 1.04 bits per heavy atom. The summed E-state index contributed by atoms with van der Waals surface area (Å²) in [6.07, 6.45) is 5.17. The molecule has 2 amide bonds. The van der Waals surface area contributed by atoms with Gasteiger partial charge in [-0.2, -0.15) is 0 Å². The predicted molar refractivity (Wildman–Crippen MR) is 101 cm³/mol. The zero-order valence-electron chi connectivity index (χ0n) is 14.4. The molecular formula is C20H19N5O. The van der Waals surface area contributed by atoms with E-state index in [0.29, 0.717) is 23.7 Å². The van der Waals surface area contributed by atoms with Crippen molar-refractivity contribution < 1.29 is 4.79 Å². The molecule has 2 N–H and O–H groups in total. The second-order valence-corrected chi connectivity index (χ2v) is 6.25. The van der Waals surface area contributed by atoms with Crippen LogP contribution in [0.2, 0.25) is 0 Å². The lowest BCUT2D eigenvalue weighted by atomic mass is 10.1. The van der Waals surface area contributed by atoms with Gasteiger partial charge in [-0.15, -0.1) is 0 Å². The zero-order chi connectivity index (χ0) is 18.1. The summed E-state index contributed by atoms with van der Waals surface area (Å²) in [7, 11) is 0. The fourth-order valence-corrected chi connectivity index (χ4v) is 3.26. The number of nitrogen functional groups attached to an aromatic ring is 1. The summed E-state index contributed by atoms with van der Waals surface area (Å²) in [6, 6.07) is 14.8. The second kappa shape index (κ2) is 6.48. The van der Waals surface area contributed by atoms with E-state index in [1.165, 1.54) is 0 Å². The van der Waals surface area contributed by atoms with Gasteiger partial charge in [-0.3, -0.25) is 4.98 Å². The Balaban J connectivity index is 1.81. The lowest BCUT2D eigenvalue weighted by molar-refractivity contribution is 0.180. The number of para-hydroxylation sites is 2. The zero-order valence-corrected chi connectivity index (χ0v) is 14.4. The van der Waals surface area contributed by atoms with Crippen molar-refractivity contribution in [1.82, 2.24) is 14.9 Å². The average Bonchev–Trinajstić information content (AvgIpc) is 2.69. The first-order valence-corrected chi connectivity index (χ1v) is 8.46. The van der Waals surface area contributed by atoms with Gasteiger partial charge in [0.2, 0.25) is 0 Å². The molecule has 6 heteroatoms. The van der Waals surface area contributed by atoms with Crippen LogP contribution in [0.4, 0.5) is 22.0 Å². The van der Waals surface area contributed by atoms with Crippen molar-refractivity contribution >= 4 is 23.2 Å². The maximum atomic E-state index is 13.4. The van der Waals surface area contributed by atoms with Gasteiger partial charge in [-0.25, -0.2) is 14.7 Å². The fourth-order valence-electron chi connectivity index (χ4n) is 3.26. The van der Waals surface area contributed by atoms with Gasteiger partial charge in [0.15, 0.2) is 0 Å². The van der Waals surface area contributed by atoms with Crippen LogP contribution >= 0.6 is 0 Å². The van der Waals surface area contributed by atoms with Crippen molar-refractivity contribution in [3.05, 3.63) is 78.2 Å². The van der Waals surface area contributed by atoms with Crippen molar-refractivity contribution in [3.8, 4) is 0 Å². The topological polar surface area (TPSA) is 75.3 Å². The number of benzene rings is 1. The molecule has 1 atom stereocenters. The molecule has 0 bridgehead atoms. The number of carbonyl (C=O) groups is 1. The Morgan fingerprint density at radius 2 is 1.81 bits per heavy atom. The number of nitrogens with zero attached hydrogens (tertiary/aromatic N) is 4. The highest BCUT2D eigenvalue weighted by molar-refractivity contribution is 6.03. The quantitative estimate of drug-likeness (QED) is 0.731. The molecule has 1 aliphatic rings. The van der Waals surface area contributed by atoms with E-state index < -0.39 is 0 Å². The van der Waals surface area contributed by atoms with Crippen molar-refractivity contribution in [2.75, 3.05) is 10.6 Å². The number of amides is 2. The third-order valence-corrected chi connectivity index (χ3v) is 4.69. The monoisotopic (exact) mass is 345 g/mol. The van der Waals surface area contributed by atoms with Crippen molar-refractivity contribution in [2.45, 2.75) is 19.5 Å². The van der Waals surface area contributed by atoms with Crippen molar-refractivity contribution in [1.29, 1.82) is 0 Å². The average molecular weight is 345 g/mol. The second-order valence-electron chi connectivity index (χ2n) is 6.25. The minimum Gasteiger partial charge on any atom is -0.397 e. The number of carbonyl (C=O) groups excluding carboxylic acids is 1. The minimum absolute atomic E-state index is 0.105. The molecule has 0 aliphatic carbocycles. The lowest BCUT2D eigenvalue weighted by Crippen LogP contribution is -2.46. The highest BCUT2D eigenvalue weighted by Crippen LogP contribution is 2.38. The highest BCUT2D eigenvalue weighted by atomic mass is 16.2. The standard InChI is InChI=1S/C20H19N5O/c1-14(15-8-11-22-12-9-15)24-13-16-5-4-10-23-19(16)25(20(24)26)18-7-3-2-6-17(18)21/h2-12,14H,13,21H2,1H3. The third-order valence-electron chi connectivity index (χ3n) is 4.69. The number of nitrogens with two attached hydrogens (primary N) is 1. The Bertz CT molecular complexity index is 944. The van der Waals surface area contributed by atoms with Gasteiger partial charge in [-0.05, 0) is 42.8 Å². The summed E-state index contributed by atoms with van der Waals surface area (Å²) < 4.78 is 0. The normalized spacial score (nSPS) is 14.9. The van der Waals surface area contributed by atoms with E-state index in [0.717, 1.165) is 11.1 Å². The summed E-state index contributed by atoms with van der Waals surface area (Å²) in [5, 5.41) is 0. The number of fused-ring (bicyclic) bond motifs is 1. The van der Waals surface area contributed by atoms with E-state index in [-0.39, 0.29) is 12.1 Å². The molecule has 2 aromatic heterocycles. The number of anilines is 3. The third kappa shape index (κ3) is 2.65. The van der Waals surface area contributed by atoms with Gasteiger partial charge in [0.25, 0.3) is 0 Å². The molecule has 0 saturated carbocycles. The molecular weight excluding hydrogens is 326 g/mol. The SMILES string of the molecule is CC(c1ccncc1)N1Cc2cccnc2N(c2ccccc2N)C1=O. The largest absolute Gasteiger partial charge is 0.397 e. The number of rotatable bonds is 3. The molecule has 0 fully saturated rings. The van der Waals surface area contributed by atoms with E-state index in [1.807, 2.05) is 54.3 Å². The van der Waals surface area contributed by atoms with Gasteiger partial charge in [0.1, 0.15) is 5.82 Å². The van der Waals surface area contributed by atoms with E-state index >= 15 is 0 Å². The van der Waals surface area contributed by atoms with E-state index in [2.05, 4.69) is 9.97 Å². The number of urea groups is 1. The van der Waals surface area contributed by atoms with Crippen LogP contribution in [0.3, 0.4) is 0 Å². The minimum atomic E-state index is -0.140. The number of hydrogen-bond donors (Lipinski definition) is 1. The fraction of sp³-hybridized carbons (Fsp3) is 0.150. The maximum Gasteiger partial charge on any atom is 0.331 e. The maximum absolute atomic E-state index is 13.4. The van der Waals surface area contributed by atoms with Crippen LogP contribution in [0.15, 0.2) is 67.1 Å². The molecule has 130 valence electrons. The molecule has 26 heavy (non-hydrogen) atoms. The molecule has 3 aromatic rings. The lowest BCUT2D eigenvalue weighted by Gasteiger charge is -2.39. The van der Waals surface area contributed by atoms with Crippen LogP contribution in [-0.4, -0.2) is 20.9 Å². The summed E-state index contributed by atoms with van der Waals surface area (Å²) >= 11 is 0. The van der Waals surface area contributed by atoms with E-state index in [1.54, 1.807) is 29.6 Å². The molecule has 1 unspecified atom stereocenters.